The number of nitrogens with zero attached hydrogens (tertiary/aromatic N) is 4. The van der Waals surface area contributed by atoms with Crippen LogP contribution in [0.15, 0.2) is 30.5 Å². The second-order valence-electron chi connectivity index (χ2n) is 23.5. The zero-order valence-corrected chi connectivity index (χ0v) is 48.2. The lowest BCUT2D eigenvalue weighted by molar-refractivity contribution is -0.149. The molecule has 77 heavy (non-hydrogen) atoms. The van der Waals surface area contributed by atoms with Gasteiger partial charge in [0.1, 0.15) is 11.6 Å². The molecule has 17 nitrogen and oxygen atoms in total. The van der Waals surface area contributed by atoms with Crippen molar-refractivity contribution in [1.29, 1.82) is 0 Å². The molecule has 3 aliphatic rings. The fourth-order valence-corrected chi connectivity index (χ4v) is 12.8. The zero-order valence-electron chi connectivity index (χ0n) is 48.2. The van der Waals surface area contributed by atoms with Crippen molar-refractivity contribution < 1.29 is 52.6 Å². The van der Waals surface area contributed by atoms with Gasteiger partial charge in [-0.2, -0.15) is 0 Å². The van der Waals surface area contributed by atoms with E-state index in [4.69, 9.17) is 15.2 Å². The summed E-state index contributed by atoms with van der Waals surface area (Å²) in [6, 6.07) is 6.39. The number of Topliss-reactive ketones (excluding diaryl/α,β-unsaturated/α-hetero) is 4. The van der Waals surface area contributed by atoms with Crippen LogP contribution in [0.3, 0.4) is 0 Å². The van der Waals surface area contributed by atoms with Crippen molar-refractivity contribution in [2.24, 2.45) is 53.1 Å². The molecule has 1 aliphatic carbocycles. The molecule has 3 N–H and O–H groups in total. The summed E-state index contributed by atoms with van der Waals surface area (Å²) < 4.78 is 12.2. The Morgan fingerprint density at radius 1 is 0.831 bits per heavy atom. The Morgan fingerprint density at radius 2 is 1.49 bits per heavy atom. The van der Waals surface area contributed by atoms with Crippen LogP contribution in [-0.4, -0.2) is 156 Å². The Hall–Kier alpha value is -5.13. The van der Waals surface area contributed by atoms with Crippen molar-refractivity contribution in [3.05, 3.63) is 36.0 Å². The summed E-state index contributed by atoms with van der Waals surface area (Å²) in [5.74, 6) is -3.96. The first kappa shape index (κ1) is 62.7. The van der Waals surface area contributed by atoms with Crippen LogP contribution < -0.4 is 5.73 Å². The van der Waals surface area contributed by atoms with E-state index in [1.807, 2.05) is 84.0 Å². The number of carbonyl (C=O) groups is 9. The number of nitrogens with two attached hydrogens (primary N) is 1. The molecule has 0 spiro atoms. The van der Waals surface area contributed by atoms with Crippen LogP contribution in [0, 0.1) is 47.3 Å². The monoisotopic (exact) mass is 1070 g/mol. The van der Waals surface area contributed by atoms with E-state index < -0.39 is 54.0 Å². The molecule has 2 aromatic rings. The molecular weight excluding hydrogens is 981 g/mol. The third kappa shape index (κ3) is 16.2. The Bertz CT molecular complexity index is 2360. The summed E-state index contributed by atoms with van der Waals surface area (Å²) in [5, 5.41) is 0.972. The van der Waals surface area contributed by atoms with Crippen molar-refractivity contribution >= 4 is 63.6 Å². The second-order valence-corrected chi connectivity index (χ2v) is 23.5. The van der Waals surface area contributed by atoms with E-state index in [1.54, 1.807) is 38.0 Å². The largest absolute Gasteiger partial charge is 0.379 e. The number of nitrogens with one attached hydrogen (secondary N) is 1. The van der Waals surface area contributed by atoms with E-state index in [0.29, 0.717) is 70.9 Å². The van der Waals surface area contributed by atoms with Gasteiger partial charge in [0.2, 0.25) is 29.5 Å². The van der Waals surface area contributed by atoms with E-state index in [1.165, 1.54) is 0 Å². The highest BCUT2D eigenvalue weighted by Gasteiger charge is 2.44. The van der Waals surface area contributed by atoms with Gasteiger partial charge in [0.05, 0.1) is 43.3 Å². The van der Waals surface area contributed by atoms with Gasteiger partial charge in [-0.05, 0) is 100 Å². The van der Waals surface area contributed by atoms with Crippen LogP contribution >= 0.6 is 0 Å². The second kappa shape index (κ2) is 29.2. The minimum absolute atomic E-state index is 0.0179. The van der Waals surface area contributed by atoms with E-state index >= 15 is 0 Å². The predicted molar refractivity (Wildman–Crippen MR) is 295 cm³/mol. The minimum Gasteiger partial charge on any atom is -0.379 e. The number of methoxy groups -OCH3 is 2. The molecule has 3 heterocycles. The van der Waals surface area contributed by atoms with Crippen molar-refractivity contribution in [3.8, 4) is 0 Å². The van der Waals surface area contributed by atoms with Crippen molar-refractivity contribution in [1.82, 2.24) is 24.6 Å². The number of likely N-dealkylation sites (tertiary alicyclic amines) is 2. The summed E-state index contributed by atoms with van der Waals surface area (Å²) >= 11 is 0. The number of ether oxygens (including phenoxy) is 2. The molecule has 1 aromatic heterocycles. The minimum atomic E-state index is -0.726. The van der Waals surface area contributed by atoms with Gasteiger partial charge in [0.25, 0.3) is 0 Å². The normalized spacial score (nSPS) is 21.3. The van der Waals surface area contributed by atoms with E-state index in [-0.39, 0.29) is 115 Å². The molecule has 9 atom stereocenters. The highest BCUT2D eigenvalue weighted by molar-refractivity contribution is 6.05. The molecule has 2 aliphatic heterocycles. The van der Waals surface area contributed by atoms with Crippen LogP contribution in [-0.2, 0) is 59.0 Å². The molecule has 3 fully saturated rings. The average molecular weight is 1070 g/mol. The maximum absolute atomic E-state index is 14.8. The quantitative estimate of drug-likeness (QED) is 0.0697. The molecule has 1 aromatic carbocycles. The number of para-hydroxylation sites is 1. The lowest BCUT2D eigenvalue weighted by Crippen LogP contribution is -2.54. The molecule has 2 saturated heterocycles. The maximum Gasteiger partial charge on any atom is 0.230 e. The molecular formula is C60H92N6O11. The van der Waals surface area contributed by atoms with Gasteiger partial charge in [-0.15, -0.1) is 0 Å². The molecule has 17 heteroatoms. The Labute approximate surface area is 457 Å². The summed E-state index contributed by atoms with van der Waals surface area (Å²) in [6.45, 7) is 14.6. The van der Waals surface area contributed by atoms with Gasteiger partial charge < -0.3 is 30.0 Å². The number of rotatable bonds is 32. The SMILES string of the molecule is CC[C@H](C)[C@@H]([C@@H](CC(=O)N1CCC[C@H]1[C@H](OC)[C@@H](C)C(=O)C[C@@H](Cc1c[nH]c2ccccc12)C(N)=O)OC)N(C)C(=O)[C@@H](CC(=O)[C@H](C(C)C)N(C)CCCC(=O)CC1CCC(C(=O)CN2C(=O)CCC2=O)CC1)C(C)C. The molecule has 0 bridgehead atoms. The highest BCUT2D eigenvalue weighted by Crippen LogP contribution is 2.35. The molecule has 5 rings (SSSR count). The van der Waals surface area contributed by atoms with Crippen molar-refractivity contribution in [3.63, 3.8) is 0 Å². The van der Waals surface area contributed by atoms with Crippen LogP contribution in [0.1, 0.15) is 150 Å². The lowest BCUT2D eigenvalue weighted by Gasteiger charge is -2.41. The number of hydrogen-bond donors (Lipinski definition) is 2. The number of imide groups is 1. The fourth-order valence-electron chi connectivity index (χ4n) is 12.8. The lowest BCUT2D eigenvalue weighted by atomic mass is 9.78. The van der Waals surface area contributed by atoms with Crippen molar-refractivity contribution in [2.45, 2.75) is 182 Å². The van der Waals surface area contributed by atoms with Crippen LogP contribution in [0.4, 0.5) is 0 Å². The number of primary amides is 1. The van der Waals surface area contributed by atoms with Gasteiger partial charge >= 0.3 is 0 Å². The number of likely N-dealkylation sites (N-methyl/N-ethyl adjacent to an activating group) is 2. The van der Waals surface area contributed by atoms with Gasteiger partial charge in [0, 0.05) is 107 Å². The number of H-pyrrole nitrogens is 1. The number of ketones is 4. The fraction of sp³-hybridized carbons (Fsp3) is 0.717. The summed E-state index contributed by atoms with van der Waals surface area (Å²) in [4.78, 5) is 130. The summed E-state index contributed by atoms with van der Waals surface area (Å²) in [7, 11) is 6.75. The zero-order chi connectivity index (χ0) is 56.8. The third-order valence-corrected chi connectivity index (χ3v) is 17.6. The number of fused-ring (bicyclic) bond motifs is 1. The number of amides is 5. The Balaban J connectivity index is 1.16. The smallest absolute Gasteiger partial charge is 0.230 e. The number of carbonyl (C=O) groups excluding carboxylic acids is 9. The van der Waals surface area contributed by atoms with Gasteiger partial charge in [-0.3, -0.25) is 53.0 Å². The molecule has 0 unspecified atom stereocenters. The number of aromatic nitrogens is 1. The number of aromatic amines is 1. The van der Waals surface area contributed by atoms with E-state index in [0.717, 1.165) is 34.2 Å². The highest BCUT2D eigenvalue weighted by atomic mass is 16.5. The Morgan fingerprint density at radius 3 is 2.09 bits per heavy atom. The first-order valence-corrected chi connectivity index (χ1v) is 28.6. The average Bonchev–Trinajstić information content (AvgIpc) is 4.14. The Kier molecular flexibility index (Phi) is 23.8. The molecule has 1 saturated carbocycles. The summed E-state index contributed by atoms with van der Waals surface area (Å²) in [6.07, 6.45) is 7.33. The maximum atomic E-state index is 14.8. The number of hydrogen-bond acceptors (Lipinski definition) is 12. The van der Waals surface area contributed by atoms with E-state index in [9.17, 15) is 43.2 Å². The molecule has 0 radical (unpaired) electrons. The van der Waals surface area contributed by atoms with Crippen LogP contribution in [0.25, 0.3) is 10.9 Å². The van der Waals surface area contributed by atoms with Crippen molar-refractivity contribution in [2.75, 3.05) is 47.9 Å². The van der Waals surface area contributed by atoms with Gasteiger partial charge in [0.15, 0.2) is 11.6 Å². The first-order valence-electron chi connectivity index (χ1n) is 28.6. The van der Waals surface area contributed by atoms with Gasteiger partial charge in [-0.1, -0.05) is 73.1 Å². The molecule has 5 amide bonds. The third-order valence-electron chi connectivity index (χ3n) is 17.6. The summed E-state index contributed by atoms with van der Waals surface area (Å²) in [5.41, 5.74) is 7.72. The van der Waals surface area contributed by atoms with Crippen LogP contribution in [0.5, 0.6) is 0 Å². The molecule has 428 valence electrons. The van der Waals surface area contributed by atoms with Crippen LogP contribution in [0.2, 0.25) is 0 Å². The van der Waals surface area contributed by atoms with Gasteiger partial charge in [-0.25, -0.2) is 0 Å². The number of benzene rings is 1. The van der Waals surface area contributed by atoms with E-state index in [2.05, 4.69) is 4.98 Å². The topological polar surface area (TPSA) is 227 Å². The standard InChI is InChI=1S/C60H92N6O11/c1-12-38(6)57(52(76-10)33-55(73)65-28-16-20-48(65)58(77-11)39(7)49(68)31-42(59(61)74)30-43-34-62-47-19-14-13-18-45(43)47)64(9)60(75)46(36(2)3)32-50(69)56(37(4)5)63(8)27-15-17-44(67)29-40-21-23-41(24-22-40)51(70)35-66-53(71)25-26-54(66)72/h13-14,18-19,34,36-42,46,48,52,56-58,62H,12,15-17,20-33,35H2,1-11H3,(H2,61,74)/t38-,39-,40?,41?,42+,46-,48-,52+,56-,57-,58+/m0/s1. The first-order chi connectivity index (χ1) is 36.5. The predicted octanol–water partition coefficient (Wildman–Crippen LogP) is 7.14.